The number of halogens is 1. The molecule has 2 nitrogen and oxygen atoms in total. The van der Waals surface area contributed by atoms with Crippen LogP contribution < -0.4 is 5.32 Å². The van der Waals surface area contributed by atoms with Gasteiger partial charge in [0.2, 0.25) is 0 Å². The molecule has 0 atom stereocenters. The van der Waals surface area contributed by atoms with E-state index in [1.165, 1.54) is 22.0 Å². The molecule has 0 saturated heterocycles. The van der Waals surface area contributed by atoms with Gasteiger partial charge in [0.05, 0.1) is 0 Å². The predicted octanol–water partition coefficient (Wildman–Crippen LogP) is 4.56. The van der Waals surface area contributed by atoms with E-state index in [0.29, 0.717) is 0 Å². The molecule has 2 aromatic carbocycles. The Balaban J connectivity index is 1.93. The molecule has 0 amide bonds. The van der Waals surface area contributed by atoms with Crippen LogP contribution in [0.3, 0.4) is 0 Å². The van der Waals surface area contributed by atoms with Crippen molar-refractivity contribution in [3.63, 3.8) is 0 Å². The average Bonchev–Trinajstić information content (AvgIpc) is 2.90. The van der Waals surface area contributed by atoms with Crippen molar-refractivity contribution < 1.29 is 0 Å². The number of nitrogens with one attached hydrogen (secondary N) is 1. The van der Waals surface area contributed by atoms with Crippen molar-refractivity contribution in [2.24, 2.45) is 0 Å². The fourth-order valence-electron chi connectivity index (χ4n) is 2.56. The second-order valence-corrected chi connectivity index (χ2v) is 6.06. The first-order valence-corrected chi connectivity index (χ1v) is 8.09. The van der Waals surface area contributed by atoms with E-state index in [9.17, 15) is 0 Å². The normalized spacial score (nSPS) is 11.1. The predicted molar refractivity (Wildman–Crippen MR) is 92.6 cm³/mol. The zero-order valence-electron chi connectivity index (χ0n) is 12.1. The highest BCUT2D eigenvalue weighted by atomic mass is 79.9. The smallest absolute Gasteiger partial charge is 0.0487 e. The number of aromatic nitrogens is 1. The minimum absolute atomic E-state index is 0.885. The van der Waals surface area contributed by atoms with Crippen LogP contribution in [0.4, 0.5) is 0 Å². The molecule has 21 heavy (non-hydrogen) atoms. The quantitative estimate of drug-likeness (QED) is 0.719. The van der Waals surface area contributed by atoms with Crippen molar-refractivity contribution in [3.05, 3.63) is 70.3 Å². The third-order valence-electron chi connectivity index (χ3n) is 3.72. The molecule has 0 aliphatic carbocycles. The van der Waals surface area contributed by atoms with Crippen LogP contribution in [-0.2, 0) is 13.1 Å². The van der Waals surface area contributed by atoms with Gasteiger partial charge >= 0.3 is 0 Å². The summed E-state index contributed by atoms with van der Waals surface area (Å²) in [5.41, 5.74) is 3.92. The summed E-state index contributed by atoms with van der Waals surface area (Å²) in [4.78, 5) is 0. The highest BCUT2D eigenvalue weighted by Gasteiger charge is 2.05. The van der Waals surface area contributed by atoms with E-state index >= 15 is 0 Å². The lowest BCUT2D eigenvalue weighted by molar-refractivity contribution is 0.726. The summed E-state index contributed by atoms with van der Waals surface area (Å²) in [5.74, 6) is 0. The number of fused-ring (bicyclic) bond motifs is 1. The van der Waals surface area contributed by atoms with Gasteiger partial charge in [0, 0.05) is 29.3 Å². The summed E-state index contributed by atoms with van der Waals surface area (Å²) in [6, 6.07) is 17.3. The molecule has 1 heterocycles. The number of hydrogen-bond donors (Lipinski definition) is 1. The molecule has 1 N–H and O–H groups in total. The lowest BCUT2D eigenvalue weighted by Crippen LogP contribution is -2.11. The van der Waals surface area contributed by atoms with Crippen LogP contribution in [0.1, 0.15) is 18.1 Å². The van der Waals surface area contributed by atoms with Gasteiger partial charge in [-0.2, -0.15) is 0 Å². The monoisotopic (exact) mass is 342 g/mol. The van der Waals surface area contributed by atoms with Crippen molar-refractivity contribution in [1.29, 1.82) is 0 Å². The highest BCUT2D eigenvalue weighted by molar-refractivity contribution is 9.10. The van der Waals surface area contributed by atoms with Crippen LogP contribution >= 0.6 is 15.9 Å². The zero-order valence-corrected chi connectivity index (χ0v) is 13.7. The Morgan fingerprint density at radius 2 is 1.95 bits per heavy atom. The van der Waals surface area contributed by atoms with Crippen LogP contribution in [0, 0.1) is 0 Å². The van der Waals surface area contributed by atoms with Crippen molar-refractivity contribution >= 4 is 26.8 Å². The van der Waals surface area contributed by atoms with Gasteiger partial charge in [0.1, 0.15) is 0 Å². The first kappa shape index (κ1) is 14.4. The van der Waals surface area contributed by atoms with Gasteiger partial charge < -0.3 is 9.88 Å². The molecule has 0 fully saturated rings. The Morgan fingerprint density at radius 1 is 1.10 bits per heavy atom. The maximum atomic E-state index is 3.63. The second kappa shape index (κ2) is 6.46. The molecule has 3 aromatic rings. The van der Waals surface area contributed by atoms with Crippen LogP contribution in [0.5, 0.6) is 0 Å². The van der Waals surface area contributed by atoms with Gasteiger partial charge in [-0.05, 0) is 41.3 Å². The zero-order chi connectivity index (χ0) is 14.7. The highest BCUT2D eigenvalue weighted by Crippen LogP contribution is 2.22. The van der Waals surface area contributed by atoms with E-state index in [4.69, 9.17) is 0 Å². The van der Waals surface area contributed by atoms with Gasteiger partial charge in [-0.25, -0.2) is 0 Å². The van der Waals surface area contributed by atoms with Crippen LogP contribution in [0.2, 0.25) is 0 Å². The summed E-state index contributed by atoms with van der Waals surface area (Å²) in [6.07, 6.45) is 2.17. The Hall–Kier alpha value is -1.58. The fourth-order valence-corrected chi connectivity index (χ4v) is 2.97. The molecular formula is C18H19BrN2. The van der Waals surface area contributed by atoms with E-state index in [1.54, 1.807) is 0 Å². The number of benzene rings is 2. The van der Waals surface area contributed by atoms with Crippen molar-refractivity contribution in [2.75, 3.05) is 6.54 Å². The molecule has 108 valence electrons. The fraction of sp³-hybridized carbons (Fsp3) is 0.222. The van der Waals surface area contributed by atoms with Gasteiger partial charge in [-0.15, -0.1) is 0 Å². The first-order chi connectivity index (χ1) is 10.3. The lowest BCUT2D eigenvalue weighted by Gasteiger charge is -2.09. The first-order valence-electron chi connectivity index (χ1n) is 7.30. The summed E-state index contributed by atoms with van der Waals surface area (Å²) >= 11 is 3.63. The van der Waals surface area contributed by atoms with E-state index < -0.39 is 0 Å². The molecule has 0 saturated carbocycles. The summed E-state index contributed by atoms with van der Waals surface area (Å²) in [6.45, 7) is 4.94. The third-order valence-corrected chi connectivity index (χ3v) is 4.49. The minimum atomic E-state index is 0.885. The van der Waals surface area contributed by atoms with E-state index in [-0.39, 0.29) is 0 Å². The number of rotatable bonds is 5. The Labute approximate surface area is 133 Å². The number of nitrogens with zero attached hydrogens (tertiary/aromatic N) is 1. The standard InChI is InChI=1S/C18H19BrN2/c1-2-20-12-14-7-8-15-9-10-21(18(15)11-14)13-16-5-3-4-6-17(16)19/h3-11,20H,2,12-13H2,1H3. The lowest BCUT2D eigenvalue weighted by atomic mass is 10.1. The SMILES string of the molecule is CCNCc1ccc2ccn(Cc3ccccc3Br)c2c1. The third kappa shape index (κ3) is 3.20. The van der Waals surface area contributed by atoms with Crippen molar-refractivity contribution in [2.45, 2.75) is 20.0 Å². The molecular weight excluding hydrogens is 324 g/mol. The van der Waals surface area contributed by atoms with E-state index in [2.05, 4.69) is 87.5 Å². The van der Waals surface area contributed by atoms with Crippen molar-refractivity contribution in [3.8, 4) is 0 Å². The van der Waals surface area contributed by atoms with E-state index in [1.807, 2.05) is 0 Å². The topological polar surface area (TPSA) is 17.0 Å². The average molecular weight is 343 g/mol. The van der Waals surface area contributed by atoms with E-state index in [0.717, 1.165) is 24.1 Å². The molecule has 0 spiro atoms. The van der Waals surface area contributed by atoms with Crippen LogP contribution in [-0.4, -0.2) is 11.1 Å². The summed E-state index contributed by atoms with van der Waals surface area (Å²) < 4.78 is 3.47. The molecule has 0 aliphatic heterocycles. The van der Waals surface area contributed by atoms with Gasteiger partial charge in [0.25, 0.3) is 0 Å². The minimum Gasteiger partial charge on any atom is -0.343 e. The van der Waals surface area contributed by atoms with Gasteiger partial charge in [-0.3, -0.25) is 0 Å². The van der Waals surface area contributed by atoms with Crippen molar-refractivity contribution in [1.82, 2.24) is 9.88 Å². The summed E-state index contributed by atoms with van der Waals surface area (Å²) in [5, 5.41) is 4.68. The van der Waals surface area contributed by atoms with Gasteiger partial charge in [0.15, 0.2) is 0 Å². The van der Waals surface area contributed by atoms with Crippen LogP contribution in [0.25, 0.3) is 10.9 Å². The maximum Gasteiger partial charge on any atom is 0.0487 e. The maximum absolute atomic E-state index is 3.63. The molecule has 0 bridgehead atoms. The second-order valence-electron chi connectivity index (χ2n) is 5.21. The van der Waals surface area contributed by atoms with Gasteiger partial charge in [-0.1, -0.05) is 53.2 Å². The molecule has 1 aromatic heterocycles. The molecule has 0 unspecified atom stereocenters. The largest absolute Gasteiger partial charge is 0.343 e. The Kier molecular flexibility index (Phi) is 4.42. The molecule has 0 radical (unpaired) electrons. The molecule has 3 heteroatoms. The van der Waals surface area contributed by atoms with Crippen LogP contribution in [0.15, 0.2) is 59.2 Å². The molecule has 3 rings (SSSR count). The Morgan fingerprint density at radius 3 is 2.76 bits per heavy atom. The number of hydrogen-bond acceptors (Lipinski definition) is 1. The summed E-state index contributed by atoms with van der Waals surface area (Å²) in [7, 11) is 0. The molecule has 0 aliphatic rings. The Bertz CT molecular complexity index is 746.